The van der Waals surface area contributed by atoms with Gasteiger partial charge in [-0.2, -0.15) is 0 Å². The number of aliphatic carboxylic acids is 2. The van der Waals surface area contributed by atoms with Gasteiger partial charge in [-0.05, 0) is 13.8 Å². The van der Waals surface area contributed by atoms with E-state index in [-0.39, 0.29) is 0 Å². The van der Waals surface area contributed by atoms with E-state index in [1.54, 1.807) is 0 Å². The van der Waals surface area contributed by atoms with E-state index in [9.17, 15) is 18.9 Å². The number of esters is 1. The van der Waals surface area contributed by atoms with Crippen molar-refractivity contribution < 1.29 is 48.2 Å². The molecule has 0 fully saturated rings. The zero-order valence-electron chi connectivity index (χ0n) is 10.7. The van der Waals surface area contributed by atoms with Crippen LogP contribution in [0.25, 0.3) is 0 Å². The summed E-state index contributed by atoms with van der Waals surface area (Å²) in [7, 11) is -5.34. The minimum atomic E-state index is -5.34. The van der Waals surface area contributed by atoms with E-state index in [2.05, 4.69) is 9.26 Å². The van der Waals surface area contributed by atoms with Crippen LogP contribution in [0.15, 0.2) is 0 Å². The van der Waals surface area contributed by atoms with Gasteiger partial charge in [-0.15, -0.1) is 0 Å². The maximum Gasteiger partial charge on any atom is 0.470 e. The van der Waals surface area contributed by atoms with Crippen LogP contribution in [0.4, 0.5) is 0 Å². The Hall–Kier alpha value is -1.48. The molecule has 116 valence electrons. The van der Waals surface area contributed by atoms with Gasteiger partial charge < -0.3 is 24.7 Å². The van der Waals surface area contributed by atoms with E-state index in [1.807, 2.05) is 0 Å². The van der Waals surface area contributed by atoms with E-state index >= 15 is 0 Å². The molecular weight excluding hydrogens is 299 g/mol. The molecule has 0 bridgehead atoms. The summed E-state index contributed by atoms with van der Waals surface area (Å²) in [6.45, 7) is 2.92. The molecule has 4 N–H and O–H groups in total. The molecule has 0 aliphatic rings. The Morgan fingerprint density at radius 1 is 1.15 bits per heavy atom. The zero-order chi connectivity index (χ0) is 16.1. The summed E-state index contributed by atoms with van der Waals surface area (Å²) in [5.41, 5.74) is -2.91. The standard InChI is InChI=1S/C9H15O10P/c1-5(2)18-7(12)4-9(8(13)14,3-6(10)11)19-20(15,16)17/h5H,3-4H2,1-2H3,(H,10,11)(H,13,14)(H2,15,16,17). The maximum atomic E-state index is 11.4. The van der Waals surface area contributed by atoms with Gasteiger partial charge in [0.15, 0.2) is 5.60 Å². The van der Waals surface area contributed by atoms with Crippen molar-refractivity contribution in [3.63, 3.8) is 0 Å². The average Bonchev–Trinajstić information content (AvgIpc) is 2.10. The Morgan fingerprint density at radius 3 is 1.95 bits per heavy atom. The molecule has 1 atom stereocenters. The monoisotopic (exact) mass is 314 g/mol. The fourth-order valence-electron chi connectivity index (χ4n) is 1.33. The second-order valence-electron chi connectivity index (χ2n) is 4.17. The van der Waals surface area contributed by atoms with Gasteiger partial charge in [0.1, 0.15) is 0 Å². The predicted molar refractivity (Wildman–Crippen MR) is 61.6 cm³/mol. The molecule has 1 unspecified atom stereocenters. The third-order valence-electron chi connectivity index (χ3n) is 1.92. The van der Waals surface area contributed by atoms with Crippen LogP contribution in [-0.2, 0) is 28.2 Å². The van der Waals surface area contributed by atoms with Crippen molar-refractivity contribution >= 4 is 25.7 Å². The van der Waals surface area contributed by atoms with E-state index < -0.39 is 50.3 Å². The minimum absolute atomic E-state index is 0.617. The molecule has 10 nitrogen and oxygen atoms in total. The number of hydrogen-bond acceptors (Lipinski definition) is 6. The van der Waals surface area contributed by atoms with Crippen LogP contribution in [0.5, 0.6) is 0 Å². The molecule has 0 aromatic heterocycles. The van der Waals surface area contributed by atoms with Gasteiger partial charge in [-0.3, -0.25) is 14.1 Å². The number of ether oxygens (including phenoxy) is 1. The first kappa shape index (κ1) is 18.5. The highest BCUT2D eigenvalue weighted by Crippen LogP contribution is 2.44. The molecule has 0 saturated carbocycles. The van der Waals surface area contributed by atoms with Gasteiger partial charge in [0.25, 0.3) is 0 Å². The number of carbonyl (C=O) groups is 3. The molecule has 0 aromatic carbocycles. The topological polar surface area (TPSA) is 168 Å². The molecule has 0 aliphatic carbocycles. The summed E-state index contributed by atoms with van der Waals surface area (Å²) >= 11 is 0. The molecule has 0 spiro atoms. The zero-order valence-corrected chi connectivity index (χ0v) is 11.6. The Kier molecular flexibility index (Phi) is 6.30. The molecular formula is C9H15O10P. The SMILES string of the molecule is CC(C)OC(=O)CC(CC(=O)O)(OP(=O)(O)O)C(=O)O. The Labute approximate surface area is 113 Å². The lowest BCUT2D eigenvalue weighted by atomic mass is 9.96. The second kappa shape index (κ2) is 6.80. The molecule has 0 saturated heterocycles. The summed E-state index contributed by atoms with van der Waals surface area (Å²) in [6, 6.07) is 0. The molecule has 11 heteroatoms. The van der Waals surface area contributed by atoms with Gasteiger partial charge in [-0.25, -0.2) is 9.36 Å². The second-order valence-corrected chi connectivity index (χ2v) is 5.33. The minimum Gasteiger partial charge on any atom is -0.481 e. The number of carboxylic acid groups (broad SMARTS) is 2. The molecule has 20 heavy (non-hydrogen) atoms. The van der Waals surface area contributed by atoms with Gasteiger partial charge in [0.2, 0.25) is 0 Å². The molecule has 0 rings (SSSR count). The molecule has 0 amide bonds. The van der Waals surface area contributed by atoms with E-state index in [0.717, 1.165) is 0 Å². The highest BCUT2D eigenvalue weighted by atomic mass is 31.2. The largest absolute Gasteiger partial charge is 0.481 e. The smallest absolute Gasteiger partial charge is 0.470 e. The summed E-state index contributed by atoms with van der Waals surface area (Å²) in [5, 5.41) is 17.6. The van der Waals surface area contributed by atoms with E-state index in [1.165, 1.54) is 13.8 Å². The van der Waals surface area contributed by atoms with E-state index in [0.29, 0.717) is 0 Å². The predicted octanol–water partition coefficient (Wildman–Crippen LogP) is -0.265. The Morgan fingerprint density at radius 2 is 1.65 bits per heavy atom. The third-order valence-corrected chi connectivity index (χ3v) is 2.50. The van der Waals surface area contributed by atoms with Crippen LogP contribution in [0.2, 0.25) is 0 Å². The van der Waals surface area contributed by atoms with Gasteiger partial charge >= 0.3 is 25.7 Å². The molecule has 0 aromatic rings. The molecule has 0 radical (unpaired) electrons. The number of carbonyl (C=O) groups excluding carboxylic acids is 1. The van der Waals surface area contributed by atoms with Crippen molar-refractivity contribution in [3.8, 4) is 0 Å². The van der Waals surface area contributed by atoms with Gasteiger partial charge in [0, 0.05) is 0 Å². The number of phosphoric ester groups is 1. The highest BCUT2D eigenvalue weighted by Gasteiger charge is 2.49. The number of carboxylic acids is 2. The first-order valence-electron chi connectivity index (χ1n) is 5.29. The van der Waals surface area contributed by atoms with Crippen molar-refractivity contribution in [1.82, 2.24) is 0 Å². The van der Waals surface area contributed by atoms with Crippen molar-refractivity contribution in [3.05, 3.63) is 0 Å². The Balaban J connectivity index is 5.39. The Bertz CT molecular complexity index is 438. The summed E-state index contributed by atoms with van der Waals surface area (Å²) in [4.78, 5) is 50.6. The lowest BCUT2D eigenvalue weighted by molar-refractivity contribution is -0.171. The highest BCUT2D eigenvalue weighted by molar-refractivity contribution is 7.46. The molecule has 0 heterocycles. The summed E-state index contributed by atoms with van der Waals surface area (Å²) in [5.74, 6) is -4.86. The maximum absolute atomic E-state index is 11.4. The number of phosphoric acid groups is 1. The van der Waals surface area contributed by atoms with Crippen LogP contribution in [0.3, 0.4) is 0 Å². The lowest BCUT2D eigenvalue weighted by Crippen LogP contribution is -2.45. The van der Waals surface area contributed by atoms with Crippen LogP contribution in [0, 0.1) is 0 Å². The fraction of sp³-hybridized carbons (Fsp3) is 0.667. The fourth-order valence-corrected chi connectivity index (χ4v) is 1.99. The van der Waals surface area contributed by atoms with Crippen molar-refractivity contribution in [1.29, 1.82) is 0 Å². The normalized spacial score (nSPS) is 14.7. The lowest BCUT2D eigenvalue weighted by Gasteiger charge is -2.27. The average molecular weight is 314 g/mol. The van der Waals surface area contributed by atoms with Crippen LogP contribution in [0.1, 0.15) is 26.7 Å². The van der Waals surface area contributed by atoms with Crippen LogP contribution < -0.4 is 0 Å². The van der Waals surface area contributed by atoms with Crippen molar-refractivity contribution in [2.24, 2.45) is 0 Å². The van der Waals surface area contributed by atoms with E-state index in [4.69, 9.17) is 20.0 Å². The van der Waals surface area contributed by atoms with Crippen LogP contribution in [-0.4, -0.2) is 49.6 Å². The number of hydrogen-bond donors (Lipinski definition) is 4. The van der Waals surface area contributed by atoms with Gasteiger partial charge in [-0.1, -0.05) is 0 Å². The first-order valence-corrected chi connectivity index (χ1v) is 6.82. The molecule has 0 aliphatic heterocycles. The van der Waals surface area contributed by atoms with Crippen LogP contribution >= 0.6 is 7.82 Å². The van der Waals surface area contributed by atoms with Crippen molar-refractivity contribution in [2.75, 3.05) is 0 Å². The first-order chi connectivity index (χ1) is 8.88. The van der Waals surface area contributed by atoms with Crippen molar-refractivity contribution in [2.45, 2.75) is 38.4 Å². The summed E-state index contributed by atoms with van der Waals surface area (Å²) in [6.07, 6.45) is -3.09. The van der Waals surface area contributed by atoms with Gasteiger partial charge in [0.05, 0.1) is 18.9 Å². The third kappa shape index (κ3) is 6.62. The number of rotatable bonds is 8. The quantitative estimate of drug-likeness (QED) is 0.346. The summed E-state index contributed by atoms with van der Waals surface area (Å²) < 4.78 is 19.5.